The Morgan fingerprint density at radius 2 is 2.06 bits per heavy atom. The van der Waals surface area contributed by atoms with E-state index in [1.54, 1.807) is 5.32 Å². The molecule has 96 valence electrons. The molecule has 0 radical (unpaired) electrons. The van der Waals surface area contributed by atoms with Crippen LogP contribution in [0.1, 0.15) is 11.1 Å². The third-order valence-corrected chi connectivity index (χ3v) is 3.17. The van der Waals surface area contributed by atoms with E-state index in [0.717, 1.165) is 0 Å². The number of hydrogen-bond acceptors (Lipinski definition) is 2. The average molecular weight is 386 g/mol. The van der Waals surface area contributed by atoms with E-state index in [4.69, 9.17) is 5.26 Å². The molecule has 0 aliphatic rings. The number of nitrogens with zero attached hydrogens (tertiary/aromatic N) is 1. The molecule has 0 spiro atoms. The van der Waals surface area contributed by atoms with Gasteiger partial charge < -0.3 is 5.32 Å². The van der Waals surface area contributed by atoms with Crippen LogP contribution in [0.4, 0.5) is 18.9 Å². The number of alkyl halides is 4. The highest BCUT2D eigenvalue weighted by Gasteiger charge is 2.39. The van der Waals surface area contributed by atoms with E-state index in [0.29, 0.717) is 5.56 Å². The van der Waals surface area contributed by atoms with Crippen LogP contribution in [-0.2, 0) is 10.1 Å². The number of nitriles is 1. The maximum absolute atomic E-state index is 12.2. The zero-order valence-electron chi connectivity index (χ0n) is 8.61. The molecule has 0 aromatic heterocycles. The molecule has 0 unspecified atom stereocenters. The number of amides is 1. The zero-order valence-corrected chi connectivity index (χ0v) is 11.8. The molecule has 0 fully saturated rings. The molecule has 1 N–H and O–H groups in total. The Hall–Kier alpha value is -1.07. The molecule has 1 aromatic carbocycles. The molecule has 0 saturated carbocycles. The fourth-order valence-electron chi connectivity index (χ4n) is 1.16. The first-order valence-corrected chi connectivity index (χ1v) is 6.37. The van der Waals surface area contributed by atoms with Crippen LogP contribution >= 0.6 is 31.9 Å². The smallest absolute Gasteiger partial charge is 0.317 e. The lowest BCUT2D eigenvalue weighted by Crippen LogP contribution is -2.30. The van der Waals surface area contributed by atoms with E-state index in [1.165, 1.54) is 12.1 Å². The van der Waals surface area contributed by atoms with Gasteiger partial charge >= 0.3 is 12.1 Å². The number of rotatable bonds is 2. The Kier molecular flexibility index (Phi) is 4.76. The highest BCUT2D eigenvalue weighted by atomic mass is 79.9. The van der Waals surface area contributed by atoms with Crippen molar-refractivity contribution in [3.63, 3.8) is 0 Å². The van der Waals surface area contributed by atoms with E-state index in [2.05, 4.69) is 31.9 Å². The Labute approximate surface area is 117 Å². The highest BCUT2D eigenvalue weighted by Crippen LogP contribution is 2.31. The first kappa shape index (κ1) is 15.0. The van der Waals surface area contributed by atoms with E-state index in [1.807, 2.05) is 6.07 Å². The van der Waals surface area contributed by atoms with Crippen LogP contribution in [0.2, 0.25) is 0 Å². The standard InChI is InChI=1S/C10H5Br2F3N2O/c11-3-6-1-5(4-16)2-7(12)8(6)17-9(18)10(13,14)15/h1-2H,3H2,(H,17,18). The van der Waals surface area contributed by atoms with Crippen LogP contribution in [0, 0.1) is 11.3 Å². The van der Waals surface area contributed by atoms with Gasteiger partial charge in [-0.2, -0.15) is 18.4 Å². The molecule has 1 aromatic rings. The number of carbonyl (C=O) groups excluding carboxylic acids is 1. The van der Waals surface area contributed by atoms with Gasteiger partial charge in [-0.25, -0.2) is 0 Å². The molecule has 0 aliphatic heterocycles. The molecule has 18 heavy (non-hydrogen) atoms. The van der Waals surface area contributed by atoms with Gasteiger partial charge in [0, 0.05) is 9.80 Å². The molecule has 0 saturated heterocycles. The van der Waals surface area contributed by atoms with Gasteiger partial charge in [0.25, 0.3) is 0 Å². The van der Waals surface area contributed by atoms with Gasteiger partial charge in [-0.1, -0.05) is 15.9 Å². The summed E-state index contributed by atoms with van der Waals surface area (Å²) in [6.45, 7) is 0. The van der Waals surface area contributed by atoms with Crippen LogP contribution in [0.5, 0.6) is 0 Å². The fraction of sp³-hybridized carbons (Fsp3) is 0.200. The molecule has 1 amide bonds. The summed E-state index contributed by atoms with van der Waals surface area (Å²) in [6.07, 6.45) is -4.96. The molecule has 0 atom stereocenters. The fourth-order valence-corrected chi connectivity index (χ4v) is 2.20. The highest BCUT2D eigenvalue weighted by molar-refractivity contribution is 9.10. The summed E-state index contributed by atoms with van der Waals surface area (Å²) in [6, 6.07) is 4.59. The second kappa shape index (κ2) is 5.71. The summed E-state index contributed by atoms with van der Waals surface area (Å²) in [5, 5.41) is 10.7. The van der Waals surface area contributed by atoms with Crippen molar-refractivity contribution >= 4 is 43.5 Å². The van der Waals surface area contributed by atoms with Crippen molar-refractivity contribution < 1.29 is 18.0 Å². The Balaban J connectivity index is 3.18. The minimum Gasteiger partial charge on any atom is -0.317 e. The van der Waals surface area contributed by atoms with Crippen LogP contribution < -0.4 is 5.32 Å². The topological polar surface area (TPSA) is 52.9 Å². The van der Waals surface area contributed by atoms with Crippen molar-refractivity contribution in [2.24, 2.45) is 0 Å². The van der Waals surface area contributed by atoms with E-state index >= 15 is 0 Å². The number of benzene rings is 1. The molecule has 3 nitrogen and oxygen atoms in total. The SMILES string of the molecule is N#Cc1cc(Br)c(NC(=O)C(F)(F)F)c(CBr)c1. The molecule has 0 heterocycles. The monoisotopic (exact) mass is 384 g/mol. The summed E-state index contributed by atoms with van der Waals surface area (Å²) in [7, 11) is 0. The Bertz CT molecular complexity index is 523. The molecule has 8 heteroatoms. The van der Waals surface area contributed by atoms with Gasteiger partial charge in [0.15, 0.2) is 0 Å². The van der Waals surface area contributed by atoms with E-state index in [9.17, 15) is 18.0 Å². The van der Waals surface area contributed by atoms with Crippen molar-refractivity contribution in [1.82, 2.24) is 0 Å². The van der Waals surface area contributed by atoms with Gasteiger partial charge in [-0.15, -0.1) is 0 Å². The van der Waals surface area contributed by atoms with Crippen LogP contribution in [0.15, 0.2) is 16.6 Å². The van der Waals surface area contributed by atoms with Crippen molar-refractivity contribution in [2.45, 2.75) is 11.5 Å². The van der Waals surface area contributed by atoms with E-state index < -0.39 is 12.1 Å². The predicted molar refractivity (Wildman–Crippen MR) is 66.2 cm³/mol. The summed E-state index contributed by atoms with van der Waals surface area (Å²) >= 11 is 6.10. The van der Waals surface area contributed by atoms with Crippen LogP contribution in [-0.4, -0.2) is 12.1 Å². The summed E-state index contributed by atoms with van der Waals surface area (Å²) in [5.74, 6) is -2.06. The molecule has 0 aliphatic carbocycles. The van der Waals surface area contributed by atoms with Gasteiger partial charge in [-0.05, 0) is 33.6 Å². The third-order valence-electron chi connectivity index (χ3n) is 1.94. The number of halogens is 5. The molecule has 1 rings (SSSR count). The Morgan fingerprint density at radius 1 is 1.44 bits per heavy atom. The normalized spacial score (nSPS) is 10.9. The lowest BCUT2D eigenvalue weighted by Gasteiger charge is -2.13. The lowest BCUT2D eigenvalue weighted by atomic mass is 10.1. The summed E-state index contributed by atoms with van der Waals surface area (Å²) in [5.41, 5.74) is 0.646. The summed E-state index contributed by atoms with van der Waals surface area (Å²) < 4.78 is 36.7. The van der Waals surface area contributed by atoms with Gasteiger partial charge in [0.1, 0.15) is 0 Å². The minimum absolute atomic E-state index is 0.00630. The number of hydrogen-bond donors (Lipinski definition) is 1. The third kappa shape index (κ3) is 3.46. The van der Waals surface area contributed by atoms with Crippen molar-refractivity contribution in [3.05, 3.63) is 27.7 Å². The number of anilines is 1. The van der Waals surface area contributed by atoms with Gasteiger partial charge in [0.2, 0.25) is 0 Å². The number of nitrogens with one attached hydrogen (secondary N) is 1. The lowest BCUT2D eigenvalue weighted by molar-refractivity contribution is -0.167. The van der Waals surface area contributed by atoms with Crippen molar-refractivity contribution in [1.29, 1.82) is 5.26 Å². The first-order chi connectivity index (χ1) is 8.29. The first-order valence-electron chi connectivity index (χ1n) is 4.46. The maximum Gasteiger partial charge on any atom is 0.471 e. The molecular formula is C10H5Br2F3N2O. The largest absolute Gasteiger partial charge is 0.471 e. The average Bonchev–Trinajstić information content (AvgIpc) is 2.29. The van der Waals surface area contributed by atoms with Crippen LogP contribution in [0.3, 0.4) is 0 Å². The second-order valence-electron chi connectivity index (χ2n) is 3.19. The van der Waals surface area contributed by atoms with Crippen molar-refractivity contribution in [3.8, 4) is 6.07 Å². The van der Waals surface area contributed by atoms with Gasteiger partial charge in [-0.3, -0.25) is 4.79 Å². The minimum atomic E-state index is -4.96. The summed E-state index contributed by atoms with van der Waals surface area (Å²) in [4.78, 5) is 10.9. The van der Waals surface area contributed by atoms with E-state index in [-0.39, 0.29) is 21.1 Å². The molecule has 0 bridgehead atoms. The Morgan fingerprint density at radius 3 is 2.50 bits per heavy atom. The maximum atomic E-state index is 12.2. The number of carbonyl (C=O) groups is 1. The van der Waals surface area contributed by atoms with Crippen molar-refractivity contribution in [2.75, 3.05) is 5.32 Å². The quantitative estimate of drug-likeness (QED) is 0.789. The second-order valence-corrected chi connectivity index (χ2v) is 4.60. The zero-order chi connectivity index (χ0) is 13.9. The predicted octanol–water partition coefficient (Wildman–Crippen LogP) is 3.72. The van der Waals surface area contributed by atoms with Crippen LogP contribution in [0.25, 0.3) is 0 Å². The molecular weight excluding hydrogens is 381 g/mol. The van der Waals surface area contributed by atoms with Gasteiger partial charge in [0.05, 0.1) is 17.3 Å².